The Labute approximate surface area is 155 Å². The first-order chi connectivity index (χ1) is 12.7. The zero-order valence-electron chi connectivity index (χ0n) is 13.6. The third-order valence-electron chi connectivity index (χ3n) is 3.82. The minimum absolute atomic E-state index is 0.294. The van der Waals surface area contributed by atoms with Crippen LogP contribution in [0.3, 0.4) is 0 Å². The molecule has 5 heteroatoms. The van der Waals surface area contributed by atoms with E-state index in [1.165, 1.54) is 12.1 Å². The van der Waals surface area contributed by atoms with Gasteiger partial charge in [-0.2, -0.15) is 0 Å². The van der Waals surface area contributed by atoms with E-state index in [0.717, 1.165) is 11.1 Å². The molecule has 0 atom stereocenters. The molecule has 126 valence electrons. The summed E-state index contributed by atoms with van der Waals surface area (Å²) in [4.78, 5) is 13.7. The molecule has 0 bridgehead atoms. The number of nitrogens with zero attached hydrogens (tertiary/aromatic N) is 3. The van der Waals surface area contributed by atoms with Gasteiger partial charge in [-0.3, -0.25) is 0 Å². The van der Waals surface area contributed by atoms with Gasteiger partial charge in [-0.25, -0.2) is 19.3 Å². The van der Waals surface area contributed by atoms with E-state index in [-0.39, 0.29) is 0 Å². The average molecular weight is 362 g/mol. The smallest absolute Gasteiger partial charge is 0.164 e. The Morgan fingerprint density at radius 3 is 1.50 bits per heavy atom. The maximum absolute atomic E-state index is 13.8. The Hall–Kier alpha value is -3.11. The predicted molar refractivity (Wildman–Crippen MR) is 101 cm³/mol. The van der Waals surface area contributed by atoms with E-state index in [1.54, 1.807) is 6.07 Å². The Kier molecular flexibility index (Phi) is 4.42. The maximum Gasteiger partial charge on any atom is 0.164 e. The Balaban J connectivity index is 1.93. The molecule has 3 nitrogen and oxygen atoms in total. The zero-order chi connectivity index (χ0) is 17.9. The van der Waals surface area contributed by atoms with Gasteiger partial charge in [0.05, 0.1) is 0 Å². The minimum Gasteiger partial charge on any atom is -0.208 e. The summed E-state index contributed by atoms with van der Waals surface area (Å²) in [6.45, 7) is 0. The van der Waals surface area contributed by atoms with Crippen molar-refractivity contribution in [2.45, 2.75) is 0 Å². The second-order valence-electron chi connectivity index (χ2n) is 5.70. The first-order valence-corrected chi connectivity index (χ1v) is 8.40. The maximum atomic E-state index is 13.8. The molecular formula is C21H13ClFN3. The topological polar surface area (TPSA) is 38.7 Å². The van der Waals surface area contributed by atoms with Crippen molar-refractivity contribution in [3.05, 3.63) is 89.7 Å². The highest BCUT2D eigenvalue weighted by atomic mass is 35.5. The molecule has 0 N–H and O–H groups in total. The molecule has 0 saturated carbocycles. The van der Waals surface area contributed by atoms with Crippen LogP contribution >= 0.6 is 11.6 Å². The van der Waals surface area contributed by atoms with Gasteiger partial charge in [0, 0.05) is 21.7 Å². The van der Waals surface area contributed by atoms with Crippen LogP contribution in [-0.4, -0.2) is 15.0 Å². The fourth-order valence-corrected chi connectivity index (χ4v) is 2.84. The molecule has 0 aliphatic carbocycles. The summed E-state index contributed by atoms with van der Waals surface area (Å²) in [7, 11) is 0. The Morgan fingerprint density at radius 1 is 0.577 bits per heavy atom. The monoisotopic (exact) mass is 361 g/mol. The molecule has 26 heavy (non-hydrogen) atoms. The largest absolute Gasteiger partial charge is 0.208 e. The van der Waals surface area contributed by atoms with Crippen molar-refractivity contribution in [3.8, 4) is 34.2 Å². The molecule has 1 aromatic heterocycles. The zero-order valence-corrected chi connectivity index (χ0v) is 14.4. The summed E-state index contributed by atoms with van der Waals surface area (Å²) in [5, 5.41) is 0.294. The van der Waals surface area contributed by atoms with E-state index >= 15 is 0 Å². The lowest BCUT2D eigenvalue weighted by molar-refractivity contribution is 0.628. The number of hydrogen-bond donors (Lipinski definition) is 0. The van der Waals surface area contributed by atoms with Gasteiger partial charge in [-0.1, -0.05) is 72.3 Å². The molecule has 4 aromatic rings. The molecule has 1 heterocycles. The summed E-state index contributed by atoms with van der Waals surface area (Å²) in [6.07, 6.45) is 0. The minimum atomic E-state index is -0.435. The van der Waals surface area contributed by atoms with Gasteiger partial charge in [-0.15, -0.1) is 0 Å². The van der Waals surface area contributed by atoms with Crippen molar-refractivity contribution < 1.29 is 4.39 Å². The average Bonchev–Trinajstić information content (AvgIpc) is 2.68. The Bertz CT molecular complexity index is 975. The number of hydrogen-bond acceptors (Lipinski definition) is 3. The highest BCUT2D eigenvalue weighted by Gasteiger charge is 2.13. The molecule has 0 amide bonds. The fraction of sp³-hybridized carbons (Fsp3) is 0. The van der Waals surface area contributed by atoms with Gasteiger partial charge in [-0.05, 0) is 18.2 Å². The normalized spacial score (nSPS) is 10.7. The molecule has 0 saturated heterocycles. The standard InChI is InChI=1S/C21H13ClFN3/c22-17-11-16(12-18(23)13-17)21-25-19(14-7-3-1-4-8-14)24-20(26-21)15-9-5-2-6-10-15/h1-13H. The number of benzene rings is 3. The van der Waals surface area contributed by atoms with Gasteiger partial charge in [0.1, 0.15) is 5.82 Å². The quantitative estimate of drug-likeness (QED) is 0.472. The Morgan fingerprint density at radius 2 is 1.04 bits per heavy atom. The van der Waals surface area contributed by atoms with Gasteiger partial charge in [0.15, 0.2) is 17.5 Å². The molecule has 3 aromatic carbocycles. The van der Waals surface area contributed by atoms with E-state index in [0.29, 0.717) is 28.1 Å². The third-order valence-corrected chi connectivity index (χ3v) is 4.04. The van der Waals surface area contributed by atoms with Crippen LogP contribution in [0.4, 0.5) is 4.39 Å². The van der Waals surface area contributed by atoms with Crippen molar-refractivity contribution in [1.82, 2.24) is 15.0 Å². The molecule has 0 unspecified atom stereocenters. The van der Waals surface area contributed by atoms with Crippen LogP contribution in [0, 0.1) is 5.82 Å². The van der Waals surface area contributed by atoms with Crippen LogP contribution in [0.5, 0.6) is 0 Å². The van der Waals surface area contributed by atoms with Crippen LogP contribution in [-0.2, 0) is 0 Å². The number of halogens is 2. The summed E-state index contributed by atoms with van der Waals surface area (Å²) < 4.78 is 13.8. The van der Waals surface area contributed by atoms with E-state index in [1.807, 2.05) is 60.7 Å². The lowest BCUT2D eigenvalue weighted by Gasteiger charge is -2.08. The highest BCUT2D eigenvalue weighted by Crippen LogP contribution is 2.26. The molecule has 0 fully saturated rings. The first kappa shape index (κ1) is 16.4. The second kappa shape index (κ2) is 7.02. The van der Waals surface area contributed by atoms with Crippen molar-refractivity contribution in [1.29, 1.82) is 0 Å². The van der Waals surface area contributed by atoms with E-state index in [9.17, 15) is 4.39 Å². The van der Waals surface area contributed by atoms with Gasteiger partial charge < -0.3 is 0 Å². The predicted octanol–water partition coefficient (Wildman–Crippen LogP) is 5.67. The molecule has 0 aliphatic heterocycles. The highest BCUT2D eigenvalue weighted by molar-refractivity contribution is 6.30. The van der Waals surface area contributed by atoms with E-state index < -0.39 is 5.82 Å². The van der Waals surface area contributed by atoms with Crippen molar-refractivity contribution in [2.75, 3.05) is 0 Å². The molecule has 0 aliphatic rings. The van der Waals surface area contributed by atoms with Crippen LogP contribution in [0.2, 0.25) is 5.02 Å². The number of aromatic nitrogens is 3. The lowest BCUT2D eigenvalue weighted by Crippen LogP contribution is -2.00. The number of rotatable bonds is 3. The van der Waals surface area contributed by atoms with E-state index in [2.05, 4.69) is 15.0 Å². The lowest BCUT2D eigenvalue weighted by atomic mass is 10.1. The van der Waals surface area contributed by atoms with Crippen molar-refractivity contribution in [3.63, 3.8) is 0 Å². The van der Waals surface area contributed by atoms with Crippen LogP contribution in [0.1, 0.15) is 0 Å². The van der Waals surface area contributed by atoms with Crippen LogP contribution in [0.15, 0.2) is 78.9 Å². The van der Waals surface area contributed by atoms with Gasteiger partial charge in [0.25, 0.3) is 0 Å². The van der Waals surface area contributed by atoms with Gasteiger partial charge >= 0.3 is 0 Å². The molecule has 0 spiro atoms. The summed E-state index contributed by atoms with van der Waals surface area (Å²) in [6, 6.07) is 23.5. The van der Waals surface area contributed by atoms with Crippen LogP contribution in [0.25, 0.3) is 34.2 Å². The molecule has 4 rings (SSSR count). The SMILES string of the molecule is Fc1cc(Cl)cc(-c2nc(-c3ccccc3)nc(-c3ccccc3)n2)c1. The fourth-order valence-electron chi connectivity index (χ4n) is 2.62. The second-order valence-corrected chi connectivity index (χ2v) is 6.13. The van der Waals surface area contributed by atoms with Gasteiger partial charge in [0.2, 0.25) is 0 Å². The van der Waals surface area contributed by atoms with Crippen molar-refractivity contribution in [2.24, 2.45) is 0 Å². The summed E-state index contributed by atoms with van der Waals surface area (Å²) >= 11 is 6.00. The van der Waals surface area contributed by atoms with E-state index in [4.69, 9.17) is 11.6 Å². The van der Waals surface area contributed by atoms with Crippen LogP contribution < -0.4 is 0 Å². The molecular weight excluding hydrogens is 349 g/mol. The summed E-state index contributed by atoms with van der Waals surface area (Å²) in [5.74, 6) is 0.985. The third kappa shape index (κ3) is 3.46. The molecule has 0 radical (unpaired) electrons. The van der Waals surface area contributed by atoms with Crippen molar-refractivity contribution >= 4 is 11.6 Å². The summed E-state index contributed by atoms with van der Waals surface area (Å²) in [5.41, 5.74) is 2.22. The first-order valence-electron chi connectivity index (χ1n) is 8.02.